The highest BCUT2D eigenvalue weighted by Gasteiger charge is 2.22. The van der Waals surface area contributed by atoms with E-state index in [1.165, 1.54) is 5.56 Å². The number of urea groups is 1. The minimum Gasteiger partial charge on any atom is -0.488 e. The number of hydrogen-bond acceptors (Lipinski definition) is 3. The topological polar surface area (TPSA) is 63.2 Å². The Morgan fingerprint density at radius 1 is 1.25 bits per heavy atom. The third kappa shape index (κ3) is 2.88. The first kappa shape index (κ1) is 12.5. The molecule has 5 heteroatoms. The molecule has 0 radical (unpaired) electrons. The monoisotopic (exact) mass is 269 g/mol. The van der Waals surface area contributed by atoms with Crippen LogP contribution in [0.4, 0.5) is 10.6 Å². The minimum absolute atomic E-state index is 0.0121. The van der Waals surface area contributed by atoms with Crippen LogP contribution in [-0.4, -0.2) is 23.7 Å². The minimum atomic E-state index is -0.275. The van der Waals surface area contributed by atoms with Gasteiger partial charge in [-0.2, -0.15) is 0 Å². The van der Waals surface area contributed by atoms with E-state index in [4.69, 9.17) is 4.74 Å². The number of rotatable bonds is 3. The number of nitrogens with zero attached hydrogens (tertiary/aromatic N) is 1. The highest BCUT2D eigenvalue weighted by atomic mass is 16.5. The number of benzene rings is 1. The van der Waals surface area contributed by atoms with Gasteiger partial charge < -0.3 is 10.1 Å². The Balaban J connectivity index is 1.48. The molecule has 0 saturated heterocycles. The fourth-order valence-corrected chi connectivity index (χ4v) is 2.17. The lowest BCUT2D eigenvalue weighted by atomic mass is 10.1. The van der Waals surface area contributed by atoms with Crippen LogP contribution in [0, 0.1) is 0 Å². The summed E-state index contributed by atoms with van der Waals surface area (Å²) >= 11 is 0. The summed E-state index contributed by atoms with van der Waals surface area (Å²) < 4.78 is 5.75. The van der Waals surface area contributed by atoms with Gasteiger partial charge in [0.25, 0.3) is 0 Å². The third-order valence-corrected chi connectivity index (χ3v) is 3.11. The average Bonchev–Trinajstić information content (AvgIpc) is 2.89. The molecular weight excluding hydrogens is 254 g/mol. The number of anilines is 1. The zero-order valence-electron chi connectivity index (χ0n) is 10.9. The van der Waals surface area contributed by atoms with Crippen LogP contribution in [0.1, 0.15) is 5.56 Å². The number of amides is 2. The summed E-state index contributed by atoms with van der Waals surface area (Å²) in [5, 5.41) is 5.46. The Labute approximate surface area is 117 Å². The van der Waals surface area contributed by atoms with E-state index in [0.29, 0.717) is 12.4 Å². The molecule has 1 aromatic heterocycles. The molecule has 0 fully saturated rings. The number of pyridine rings is 1. The van der Waals surface area contributed by atoms with Crippen molar-refractivity contribution in [2.24, 2.45) is 0 Å². The molecule has 20 heavy (non-hydrogen) atoms. The predicted molar refractivity (Wildman–Crippen MR) is 75.8 cm³/mol. The highest BCUT2D eigenvalue weighted by molar-refractivity contribution is 5.88. The molecule has 0 saturated carbocycles. The number of hydrogen-bond donors (Lipinski definition) is 2. The maximum atomic E-state index is 11.7. The van der Waals surface area contributed by atoms with Gasteiger partial charge in [0, 0.05) is 12.6 Å². The van der Waals surface area contributed by atoms with Crippen LogP contribution >= 0.6 is 0 Å². The molecule has 0 unspecified atom stereocenters. The van der Waals surface area contributed by atoms with Gasteiger partial charge in [-0.15, -0.1) is 0 Å². The van der Waals surface area contributed by atoms with Crippen molar-refractivity contribution < 1.29 is 9.53 Å². The van der Waals surface area contributed by atoms with Crippen LogP contribution in [0.25, 0.3) is 0 Å². The molecule has 1 aliphatic rings. The molecule has 2 aromatic rings. The number of ether oxygens (including phenoxy) is 1. The third-order valence-electron chi connectivity index (χ3n) is 3.11. The fraction of sp³-hybridized carbons (Fsp3) is 0.200. The molecule has 2 heterocycles. The Morgan fingerprint density at radius 2 is 2.10 bits per heavy atom. The van der Waals surface area contributed by atoms with E-state index in [1.807, 2.05) is 30.3 Å². The van der Waals surface area contributed by atoms with Gasteiger partial charge in [-0.3, -0.25) is 5.32 Å². The summed E-state index contributed by atoms with van der Waals surface area (Å²) in [4.78, 5) is 15.8. The molecule has 102 valence electrons. The van der Waals surface area contributed by atoms with E-state index in [0.717, 1.165) is 12.2 Å². The largest absolute Gasteiger partial charge is 0.488 e. The Kier molecular flexibility index (Phi) is 3.50. The lowest BCUT2D eigenvalue weighted by Gasteiger charge is -2.12. The van der Waals surface area contributed by atoms with Gasteiger partial charge in [0.1, 0.15) is 17.7 Å². The second-order valence-corrected chi connectivity index (χ2v) is 4.60. The molecule has 1 aromatic carbocycles. The first-order valence-electron chi connectivity index (χ1n) is 6.52. The first-order chi connectivity index (χ1) is 9.81. The Bertz CT molecular complexity index is 576. The van der Waals surface area contributed by atoms with Crippen molar-refractivity contribution in [1.29, 1.82) is 0 Å². The molecule has 1 aliphatic heterocycles. The summed E-state index contributed by atoms with van der Waals surface area (Å²) in [6, 6.07) is 13.0. The lowest BCUT2D eigenvalue weighted by molar-refractivity contribution is 0.219. The Morgan fingerprint density at radius 3 is 2.90 bits per heavy atom. The molecule has 1 atom stereocenters. The molecule has 2 amide bonds. The molecule has 0 spiro atoms. The van der Waals surface area contributed by atoms with Crippen LogP contribution in [-0.2, 0) is 6.42 Å². The summed E-state index contributed by atoms with van der Waals surface area (Å²) in [7, 11) is 0. The fourth-order valence-electron chi connectivity index (χ4n) is 2.17. The van der Waals surface area contributed by atoms with E-state index in [2.05, 4.69) is 15.6 Å². The van der Waals surface area contributed by atoms with Crippen LogP contribution in [0.5, 0.6) is 5.75 Å². The molecule has 2 N–H and O–H groups in total. The second kappa shape index (κ2) is 5.61. The SMILES string of the molecule is O=C(NC[C@@H]1Cc2ccccc2O1)Nc1ccccn1. The first-order valence-corrected chi connectivity index (χ1v) is 6.52. The van der Waals surface area contributed by atoms with E-state index < -0.39 is 0 Å². The van der Waals surface area contributed by atoms with Crippen LogP contribution < -0.4 is 15.4 Å². The summed E-state index contributed by atoms with van der Waals surface area (Å²) in [5.41, 5.74) is 1.18. The number of fused-ring (bicyclic) bond motifs is 1. The smallest absolute Gasteiger partial charge is 0.320 e. The highest BCUT2D eigenvalue weighted by Crippen LogP contribution is 2.27. The van der Waals surface area contributed by atoms with Gasteiger partial charge in [-0.05, 0) is 23.8 Å². The zero-order valence-corrected chi connectivity index (χ0v) is 10.9. The molecule has 3 rings (SSSR count). The molecular formula is C15H15N3O2. The number of aromatic nitrogens is 1. The standard InChI is InChI=1S/C15H15N3O2/c19-15(18-14-7-3-4-8-16-14)17-10-12-9-11-5-1-2-6-13(11)20-12/h1-8,12H,9-10H2,(H2,16,17,18,19)/t12-/m0/s1. The molecule has 0 bridgehead atoms. The molecule has 5 nitrogen and oxygen atoms in total. The van der Waals surface area contributed by atoms with Crippen molar-refractivity contribution in [1.82, 2.24) is 10.3 Å². The van der Waals surface area contributed by atoms with Crippen molar-refractivity contribution in [3.05, 3.63) is 54.2 Å². The average molecular weight is 269 g/mol. The van der Waals surface area contributed by atoms with Crippen molar-refractivity contribution >= 4 is 11.8 Å². The van der Waals surface area contributed by atoms with E-state index >= 15 is 0 Å². The van der Waals surface area contributed by atoms with Crippen molar-refractivity contribution in [2.75, 3.05) is 11.9 Å². The quantitative estimate of drug-likeness (QED) is 0.898. The van der Waals surface area contributed by atoms with Crippen LogP contribution in [0.3, 0.4) is 0 Å². The number of carbonyl (C=O) groups is 1. The predicted octanol–water partition coefficient (Wildman–Crippen LogP) is 2.21. The van der Waals surface area contributed by atoms with Gasteiger partial charge in [-0.25, -0.2) is 9.78 Å². The lowest BCUT2D eigenvalue weighted by Crippen LogP contribution is -2.37. The maximum absolute atomic E-state index is 11.7. The maximum Gasteiger partial charge on any atom is 0.320 e. The van der Waals surface area contributed by atoms with Crippen molar-refractivity contribution in [3.63, 3.8) is 0 Å². The van der Waals surface area contributed by atoms with Gasteiger partial charge in [0.05, 0.1) is 6.54 Å². The van der Waals surface area contributed by atoms with E-state index in [1.54, 1.807) is 18.3 Å². The Hall–Kier alpha value is -2.56. The summed E-state index contributed by atoms with van der Waals surface area (Å²) in [6.45, 7) is 0.466. The van der Waals surface area contributed by atoms with Crippen LogP contribution in [0.15, 0.2) is 48.7 Å². The van der Waals surface area contributed by atoms with E-state index in [9.17, 15) is 4.79 Å². The van der Waals surface area contributed by atoms with Crippen LogP contribution in [0.2, 0.25) is 0 Å². The number of para-hydroxylation sites is 1. The van der Waals surface area contributed by atoms with E-state index in [-0.39, 0.29) is 12.1 Å². The van der Waals surface area contributed by atoms with Crippen molar-refractivity contribution in [3.8, 4) is 5.75 Å². The zero-order chi connectivity index (χ0) is 13.8. The van der Waals surface area contributed by atoms with Gasteiger partial charge in [-0.1, -0.05) is 24.3 Å². The van der Waals surface area contributed by atoms with Gasteiger partial charge in [0.2, 0.25) is 0 Å². The summed E-state index contributed by atoms with van der Waals surface area (Å²) in [6.07, 6.45) is 2.44. The van der Waals surface area contributed by atoms with Gasteiger partial charge in [0.15, 0.2) is 0 Å². The number of nitrogens with one attached hydrogen (secondary N) is 2. The second-order valence-electron chi connectivity index (χ2n) is 4.60. The summed E-state index contributed by atoms with van der Waals surface area (Å²) in [5.74, 6) is 1.44. The number of carbonyl (C=O) groups excluding carboxylic acids is 1. The van der Waals surface area contributed by atoms with Gasteiger partial charge >= 0.3 is 6.03 Å². The van der Waals surface area contributed by atoms with Crippen molar-refractivity contribution in [2.45, 2.75) is 12.5 Å². The normalized spacial score (nSPS) is 16.1. The molecule has 0 aliphatic carbocycles.